The third-order valence-corrected chi connectivity index (χ3v) is 3.45. The Bertz CT molecular complexity index is 334. The Morgan fingerprint density at radius 1 is 1.41 bits per heavy atom. The lowest BCUT2D eigenvalue weighted by Gasteiger charge is -2.22. The van der Waals surface area contributed by atoms with E-state index >= 15 is 0 Å². The molecule has 0 radical (unpaired) electrons. The Morgan fingerprint density at radius 2 is 2.12 bits per heavy atom. The quantitative estimate of drug-likeness (QED) is 0.787. The Hall–Kier alpha value is -0.600. The molecule has 17 heavy (non-hydrogen) atoms. The van der Waals surface area contributed by atoms with Gasteiger partial charge in [0.1, 0.15) is 5.82 Å². The van der Waals surface area contributed by atoms with Crippen molar-refractivity contribution in [3.05, 3.63) is 34.6 Å². The summed E-state index contributed by atoms with van der Waals surface area (Å²) in [5.74, 6) is 0.341. The largest absolute Gasteiger partial charge is 0.313 e. The van der Waals surface area contributed by atoms with Crippen LogP contribution in [0.4, 0.5) is 4.39 Å². The molecule has 1 aromatic carbocycles. The van der Waals surface area contributed by atoms with Crippen molar-refractivity contribution in [3.63, 3.8) is 0 Å². The van der Waals surface area contributed by atoms with E-state index in [4.69, 9.17) is 11.6 Å². The molecule has 0 saturated heterocycles. The van der Waals surface area contributed by atoms with Gasteiger partial charge >= 0.3 is 0 Å². The highest BCUT2D eigenvalue weighted by atomic mass is 35.5. The van der Waals surface area contributed by atoms with Crippen LogP contribution in [0.3, 0.4) is 0 Å². The summed E-state index contributed by atoms with van der Waals surface area (Å²) in [6.45, 7) is 4.36. The van der Waals surface area contributed by atoms with Gasteiger partial charge in [0, 0.05) is 16.6 Å². The summed E-state index contributed by atoms with van der Waals surface area (Å²) in [5, 5.41) is 3.67. The Balaban J connectivity index is 2.86. The van der Waals surface area contributed by atoms with E-state index in [2.05, 4.69) is 19.2 Å². The van der Waals surface area contributed by atoms with Crippen LogP contribution >= 0.6 is 11.6 Å². The van der Waals surface area contributed by atoms with Crippen molar-refractivity contribution in [2.45, 2.75) is 39.2 Å². The van der Waals surface area contributed by atoms with Crippen molar-refractivity contribution in [3.8, 4) is 0 Å². The molecule has 96 valence electrons. The first-order chi connectivity index (χ1) is 8.10. The van der Waals surface area contributed by atoms with Crippen LogP contribution in [0.2, 0.25) is 5.02 Å². The van der Waals surface area contributed by atoms with Crippen LogP contribution in [-0.2, 0) is 0 Å². The maximum atomic E-state index is 13.8. The molecule has 1 N–H and O–H groups in total. The van der Waals surface area contributed by atoms with Crippen molar-refractivity contribution >= 4 is 11.6 Å². The van der Waals surface area contributed by atoms with Gasteiger partial charge < -0.3 is 5.32 Å². The van der Waals surface area contributed by atoms with Gasteiger partial charge in [-0.15, -0.1) is 0 Å². The molecule has 3 heteroatoms. The lowest BCUT2D eigenvalue weighted by Crippen LogP contribution is -2.20. The SMILES string of the molecule is CCCC(C)CC(NC)c1c(F)cccc1Cl. The first kappa shape index (κ1) is 14.5. The summed E-state index contributed by atoms with van der Waals surface area (Å²) in [6.07, 6.45) is 3.22. The molecule has 0 heterocycles. The average molecular weight is 258 g/mol. The summed E-state index contributed by atoms with van der Waals surface area (Å²) in [4.78, 5) is 0. The van der Waals surface area contributed by atoms with Crippen LogP contribution in [0.15, 0.2) is 18.2 Å². The van der Waals surface area contributed by atoms with Gasteiger partial charge in [0.05, 0.1) is 0 Å². The van der Waals surface area contributed by atoms with Gasteiger partial charge in [0.15, 0.2) is 0 Å². The van der Waals surface area contributed by atoms with Crippen LogP contribution in [0.25, 0.3) is 0 Å². The molecule has 0 bridgehead atoms. The lowest BCUT2D eigenvalue weighted by molar-refractivity contribution is 0.397. The molecule has 1 aromatic rings. The van der Waals surface area contributed by atoms with E-state index in [1.165, 1.54) is 6.07 Å². The molecular weight excluding hydrogens is 237 g/mol. The zero-order chi connectivity index (χ0) is 12.8. The van der Waals surface area contributed by atoms with E-state index in [1.807, 2.05) is 7.05 Å². The molecule has 2 atom stereocenters. The normalized spacial score (nSPS) is 14.6. The molecular formula is C14H21ClFN. The summed E-state index contributed by atoms with van der Waals surface area (Å²) in [5.41, 5.74) is 0.597. The molecule has 0 aliphatic rings. The number of halogens is 2. The molecule has 2 unspecified atom stereocenters. The second-order valence-electron chi connectivity index (χ2n) is 4.61. The third kappa shape index (κ3) is 3.97. The maximum Gasteiger partial charge on any atom is 0.129 e. The monoisotopic (exact) mass is 257 g/mol. The van der Waals surface area contributed by atoms with Gasteiger partial charge in [-0.2, -0.15) is 0 Å². The van der Waals surface area contributed by atoms with Crippen LogP contribution in [-0.4, -0.2) is 7.05 Å². The Morgan fingerprint density at radius 3 is 2.65 bits per heavy atom. The van der Waals surface area contributed by atoms with Gasteiger partial charge in [-0.25, -0.2) is 4.39 Å². The Kier molecular flexibility index (Phi) is 5.93. The van der Waals surface area contributed by atoms with Crippen LogP contribution < -0.4 is 5.32 Å². The molecule has 0 fully saturated rings. The maximum absolute atomic E-state index is 13.8. The van der Waals surface area contributed by atoms with Gasteiger partial charge in [-0.1, -0.05) is 44.4 Å². The summed E-state index contributed by atoms with van der Waals surface area (Å²) in [7, 11) is 1.85. The fraction of sp³-hybridized carbons (Fsp3) is 0.571. The zero-order valence-electron chi connectivity index (χ0n) is 10.8. The molecule has 0 amide bonds. The van der Waals surface area contributed by atoms with Crippen LogP contribution in [0.1, 0.15) is 44.7 Å². The van der Waals surface area contributed by atoms with Crippen molar-refractivity contribution in [1.82, 2.24) is 5.32 Å². The molecule has 0 saturated carbocycles. The first-order valence-corrected chi connectivity index (χ1v) is 6.59. The average Bonchev–Trinajstić information content (AvgIpc) is 2.27. The molecule has 0 spiro atoms. The van der Waals surface area contributed by atoms with E-state index in [0.717, 1.165) is 19.3 Å². The number of benzene rings is 1. The zero-order valence-corrected chi connectivity index (χ0v) is 11.5. The van der Waals surface area contributed by atoms with E-state index < -0.39 is 0 Å². The van der Waals surface area contributed by atoms with Crippen LogP contribution in [0.5, 0.6) is 0 Å². The number of nitrogens with one attached hydrogen (secondary N) is 1. The van der Waals surface area contributed by atoms with Crippen LogP contribution in [0, 0.1) is 11.7 Å². The topological polar surface area (TPSA) is 12.0 Å². The minimum Gasteiger partial charge on any atom is -0.313 e. The van der Waals surface area contributed by atoms with Crippen molar-refractivity contribution in [1.29, 1.82) is 0 Å². The summed E-state index contributed by atoms with van der Waals surface area (Å²) >= 11 is 6.08. The minimum absolute atomic E-state index is 0.00903. The third-order valence-electron chi connectivity index (χ3n) is 3.12. The standard InChI is InChI=1S/C14H21ClFN/c1-4-6-10(2)9-13(17-3)14-11(15)7-5-8-12(14)16/h5,7-8,10,13,17H,4,6,9H2,1-3H3. The number of hydrogen-bond donors (Lipinski definition) is 1. The van der Waals surface area contributed by atoms with E-state index in [1.54, 1.807) is 12.1 Å². The van der Waals surface area contributed by atoms with Gasteiger partial charge in [-0.05, 0) is 31.5 Å². The first-order valence-electron chi connectivity index (χ1n) is 6.21. The molecule has 0 aliphatic carbocycles. The summed E-state index contributed by atoms with van der Waals surface area (Å²) < 4.78 is 13.8. The molecule has 1 nitrogen and oxygen atoms in total. The summed E-state index contributed by atoms with van der Waals surface area (Å²) in [6, 6.07) is 4.85. The van der Waals surface area contributed by atoms with E-state index in [-0.39, 0.29) is 11.9 Å². The van der Waals surface area contributed by atoms with Gasteiger partial charge in [0.25, 0.3) is 0 Å². The van der Waals surface area contributed by atoms with Crippen molar-refractivity contribution in [2.75, 3.05) is 7.05 Å². The van der Waals surface area contributed by atoms with Crippen molar-refractivity contribution in [2.24, 2.45) is 5.92 Å². The fourth-order valence-electron chi connectivity index (χ4n) is 2.24. The smallest absolute Gasteiger partial charge is 0.129 e. The molecule has 1 rings (SSSR count). The van der Waals surface area contributed by atoms with E-state index in [9.17, 15) is 4.39 Å². The van der Waals surface area contributed by atoms with E-state index in [0.29, 0.717) is 16.5 Å². The second kappa shape index (κ2) is 6.97. The highest BCUT2D eigenvalue weighted by Crippen LogP contribution is 2.30. The molecule has 0 aromatic heterocycles. The van der Waals surface area contributed by atoms with Crippen molar-refractivity contribution < 1.29 is 4.39 Å². The highest BCUT2D eigenvalue weighted by molar-refractivity contribution is 6.31. The molecule has 0 aliphatic heterocycles. The second-order valence-corrected chi connectivity index (χ2v) is 5.01. The number of hydrogen-bond acceptors (Lipinski definition) is 1. The van der Waals surface area contributed by atoms with Gasteiger partial charge in [0.2, 0.25) is 0 Å². The fourth-order valence-corrected chi connectivity index (χ4v) is 2.53. The lowest BCUT2D eigenvalue weighted by atomic mass is 9.93. The predicted molar refractivity (Wildman–Crippen MR) is 71.9 cm³/mol. The minimum atomic E-state index is -0.222. The predicted octanol–water partition coefficient (Wildman–Crippen LogP) is 4.57. The highest BCUT2D eigenvalue weighted by Gasteiger charge is 2.19. The Labute approximate surface area is 108 Å². The van der Waals surface area contributed by atoms with Gasteiger partial charge in [-0.3, -0.25) is 0 Å². The number of rotatable bonds is 6.